The summed E-state index contributed by atoms with van der Waals surface area (Å²) in [5, 5.41) is 3.03. The van der Waals surface area contributed by atoms with Crippen molar-refractivity contribution in [1.82, 2.24) is 14.9 Å². The highest BCUT2D eigenvalue weighted by molar-refractivity contribution is 5.34. The molecule has 3 heterocycles. The maximum atomic E-state index is 13.7. The highest BCUT2D eigenvalue weighted by Gasteiger charge is 2.24. The minimum atomic E-state index is -0.263. The van der Waals surface area contributed by atoms with Gasteiger partial charge in [0.05, 0.1) is 18.0 Å². The number of aromatic nitrogens is 2. The lowest BCUT2D eigenvalue weighted by molar-refractivity contribution is -0.0355. The number of anilines is 1. The second-order valence-corrected chi connectivity index (χ2v) is 5.22. The van der Waals surface area contributed by atoms with E-state index in [0.29, 0.717) is 25.4 Å². The highest BCUT2D eigenvalue weighted by Crippen LogP contribution is 2.23. The minimum Gasteiger partial charge on any atom is -0.373 e. The molecular weight excluding hydrogens is 283 g/mol. The van der Waals surface area contributed by atoms with Gasteiger partial charge >= 0.3 is 0 Å². The molecule has 1 aliphatic rings. The van der Waals surface area contributed by atoms with Crippen molar-refractivity contribution in [3.8, 4) is 0 Å². The summed E-state index contributed by atoms with van der Waals surface area (Å²) in [6, 6.07) is 8.87. The number of pyridine rings is 2. The summed E-state index contributed by atoms with van der Waals surface area (Å²) < 4.78 is 19.5. The van der Waals surface area contributed by atoms with Gasteiger partial charge in [-0.2, -0.15) is 0 Å². The van der Waals surface area contributed by atoms with E-state index in [4.69, 9.17) is 4.74 Å². The molecule has 1 aliphatic heterocycles. The maximum absolute atomic E-state index is 13.7. The summed E-state index contributed by atoms with van der Waals surface area (Å²) in [4.78, 5) is 10.8. The SMILES string of the molecule is CNc1cccc(C2CN(Cc3ncccc3F)CCO2)n1. The number of halogens is 1. The van der Waals surface area contributed by atoms with Gasteiger partial charge in [0.15, 0.2) is 0 Å². The van der Waals surface area contributed by atoms with Gasteiger partial charge in [0.25, 0.3) is 0 Å². The Bertz CT molecular complexity index is 637. The Morgan fingerprint density at radius 1 is 1.36 bits per heavy atom. The summed E-state index contributed by atoms with van der Waals surface area (Å²) >= 11 is 0. The zero-order chi connectivity index (χ0) is 15.4. The zero-order valence-corrected chi connectivity index (χ0v) is 12.5. The lowest BCUT2D eigenvalue weighted by Gasteiger charge is -2.32. The van der Waals surface area contributed by atoms with Crippen molar-refractivity contribution in [3.05, 3.63) is 53.7 Å². The molecule has 1 atom stereocenters. The Balaban J connectivity index is 1.70. The van der Waals surface area contributed by atoms with Crippen LogP contribution in [0.25, 0.3) is 0 Å². The Kier molecular flexibility index (Phi) is 4.60. The monoisotopic (exact) mass is 302 g/mol. The Labute approximate surface area is 129 Å². The molecule has 0 radical (unpaired) electrons. The third-order valence-corrected chi connectivity index (χ3v) is 3.72. The van der Waals surface area contributed by atoms with Crippen LogP contribution in [0, 0.1) is 5.82 Å². The fourth-order valence-corrected chi connectivity index (χ4v) is 2.54. The fraction of sp³-hybridized carbons (Fsp3) is 0.375. The number of morpholine rings is 1. The lowest BCUT2D eigenvalue weighted by Crippen LogP contribution is -2.38. The second-order valence-electron chi connectivity index (χ2n) is 5.22. The van der Waals surface area contributed by atoms with Gasteiger partial charge in [-0.3, -0.25) is 9.88 Å². The van der Waals surface area contributed by atoms with E-state index in [1.807, 2.05) is 25.2 Å². The molecule has 116 valence electrons. The predicted molar refractivity (Wildman–Crippen MR) is 81.9 cm³/mol. The standard InChI is InChI=1S/C16H19FN4O/c1-18-16-6-2-5-13(20-16)15-11-21(8-9-22-15)10-14-12(17)4-3-7-19-14/h2-7,15H,8-11H2,1H3,(H,18,20). The van der Waals surface area contributed by atoms with Crippen LogP contribution in [-0.4, -0.2) is 41.6 Å². The zero-order valence-electron chi connectivity index (χ0n) is 12.5. The van der Waals surface area contributed by atoms with Crippen molar-refractivity contribution in [1.29, 1.82) is 0 Å². The van der Waals surface area contributed by atoms with Crippen LogP contribution in [0.15, 0.2) is 36.5 Å². The molecule has 0 amide bonds. The third-order valence-electron chi connectivity index (χ3n) is 3.72. The summed E-state index contributed by atoms with van der Waals surface area (Å²) in [6.07, 6.45) is 1.52. The fourth-order valence-electron chi connectivity index (χ4n) is 2.54. The van der Waals surface area contributed by atoms with Crippen LogP contribution in [0.2, 0.25) is 0 Å². The molecule has 0 spiro atoms. The summed E-state index contributed by atoms with van der Waals surface area (Å²) in [5.74, 6) is 0.551. The predicted octanol–water partition coefficient (Wildman–Crippen LogP) is 2.23. The average Bonchev–Trinajstić information content (AvgIpc) is 2.57. The normalized spacial score (nSPS) is 19.1. The van der Waals surface area contributed by atoms with E-state index in [1.165, 1.54) is 6.07 Å². The Morgan fingerprint density at radius 2 is 2.27 bits per heavy atom. The first-order chi connectivity index (χ1) is 10.8. The number of nitrogens with one attached hydrogen (secondary N) is 1. The van der Waals surface area contributed by atoms with E-state index in [9.17, 15) is 4.39 Å². The van der Waals surface area contributed by atoms with Crippen molar-refractivity contribution in [2.75, 3.05) is 32.1 Å². The van der Waals surface area contributed by atoms with Gasteiger partial charge < -0.3 is 10.1 Å². The Morgan fingerprint density at radius 3 is 3.09 bits per heavy atom. The number of ether oxygens (including phenoxy) is 1. The van der Waals surface area contributed by atoms with E-state index in [1.54, 1.807) is 12.3 Å². The van der Waals surface area contributed by atoms with E-state index in [0.717, 1.165) is 18.1 Å². The quantitative estimate of drug-likeness (QED) is 0.938. The maximum Gasteiger partial charge on any atom is 0.146 e. The van der Waals surface area contributed by atoms with Gasteiger partial charge in [-0.25, -0.2) is 9.37 Å². The van der Waals surface area contributed by atoms with Crippen molar-refractivity contribution in [2.45, 2.75) is 12.6 Å². The average molecular weight is 302 g/mol. The molecule has 3 rings (SSSR count). The van der Waals surface area contributed by atoms with E-state index < -0.39 is 0 Å². The summed E-state index contributed by atoms with van der Waals surface area (Å²) in [6.45, 7) is 2.53. The number of nitrogens with zero attached hydrogens (tertiary/aromatic N) is 3. The van der Waals surface area contributed by atoms with Crippen LogP contribution in [-0.2, 0) is 11.3 Å². The molecule has 0 bridgehead atoms. The van der Waals surface area contributed by atoms with Gasteiger partial charge in [0.2, 0.25) is 0 Å². The van der Waals surface area contributed by atoms with E-state index >= 15 is 0 Å². The molecule has 1 unspecified atom stereocenters. The smallest absolute Gasteiger partial charge is 0.146 e. The van der Waals surface area contributed by atoms with Gasteiger partial charge in [0.1, 0.15) is 17.7 Å². The summed E-state index contributed by atoms with van der Waals surface area (Å²) in [5.41, 5.74) is 1.36. The molecule has 2 aromatic rings. The third kappa shape index (κ3) is 3.40. The van der Waals surface area contributed by atoms with Crippen molar-refractivity contribution in [2.24, 2.45) is 0 Å². The van der Waals surface area contributed by atoms with Gasteiger partial charge in [-0.15, -0.1) is 0 Å². The number of hydrogen-bond acceptors (Lipinski definition) is 5. The second kappa shape index (κ2) is 6.81. The van der Waals surface area contributed by atoms with Crippen LogP contribution in [0.3, 0.4) is 0 Å². The molecule has 1 saturated heterocycles. The topological polar surface area (TPSA) is 50.3 Å². The van der Waals surface area contributed by atoms with E-state index in [-0.39, 0.29) is 11.9 Å². The van der Waals surface area contributed by atoms with Crippen LogP contribution in [0.1, 0.15) is 17.5 Å². The minimum absolute atomic E-state index is 0.103. The molecule has 1 fully saturated rings. The van der Waals surface area contributed by atoms with Gasteiger partial charge in [-0.05, 0) is 24.3 Å². The first-order valence-electron chi connectivity index (χ1n) is 7.34. The first kappa shape index (κ1) is 14.9. The van der Waals surface area contributed by atoms with Gasteiger partial charge in [-0.1, -0.05) is 6.07 Å². The number of hydrogen-bond donors (Lipinski definition) is 1. The van der Waals surface area contributed by atoms with Gasteiger partial charge in [0, 0.05) is 32.9 Å². The largest absolute Gasteiger partial charge is 0.373 e. The van der Waals surface area contributed by atoms with Crippen molar-refractivity contribution < 1.29 is 9.13 Å². The molecule has 22 heavy (non-hydrogen) atoms. The van der Waals surface area contributed by atoms with Crippen LogP contribution in [0.4, 0.5) is 10.2 Å². The van der Waals surface area contributed by atoms with E-state index in [2.05, 4.69) is 20.2 Å². The van der Waals surface area contributed by atoms with Crippen molar-refractivity contribution >= 4 is 5.82 Å². The lowest BCUT2D eigenvalue weighted by atomic mass is 10.1. The van der Waals surface area contributed by atoms with Crippen LogP contribution < -0.4 is 5.32 Å². The molecule has 0 aliphatic carbocycles. The van der Waals surface area contributed by atoms with Crippen molar-refractivity contribution in [3.63, 3.8) is 0 Å². The first-order valence-corrected chi connectivity index (χ1v) is 7.34. The van der Waals surface area contributed by atoms with Crippen LogP contribution in [0.5, 0.6) is 0 Å². The molecular formula is C16H19FN4O. The molecule has 1 N–H and O–H groups in total. The molecule has 0 saturated carbocycles. The summed E-state index contributed by atoms with van der Waals surface area (Å²) in [7, 11) is 1.84. The molecule has 5 nitrogen and oxygen atoms in total. The molecule has 6 heteroatoms. The Hall–Kier alpha value is -2.05. The molecule has 2 aromatic heterocycles. The van der Waals surface area contributed by atoms with Crippen LogP contribution >= 0.6 is 0 Å². The molecule has 0 aromatic carbocycles. The number of rotatable bonds is 4. The highest BCUT2D eigenvalue weighted by atomic mass is 19.1.